The summed E-state index contributed by atoms with van der Waals surface area (Å²) in [7, 11) is 0. The SMILES string of the molecule is CCN(CC)C(=O)CSc1ccc(-c2sc(C)nc2C)nn1. The Bertz CT molecular complexity index is 635. The molecule has 7 heteroatoms. The molecular weight excluding hydrogens is 316 g/mol. The molecule has 0 fully saturated rings. The van der Waals surface area contributed by atoms with E-state index in [1.54, 1.807) is 11.3 Å². The Labute approximate surface area is 139 Å². The van der Waals surface area contributed by atoms with E-state index >= 15 is 0 Å². The van der Waals surface area contributed by atoms with E-state index in [2.05, 4.69) is 15.2 Å². The standard InChI is InChI=1S/C15H20N4OS2/c1-5-19(6-2)14(20)9-21-13-8-7-12(17-18-13)15-10(3)16-11(4)22-15/h7-8H,5-6,9H2,1-4H3. The van der Waals surface area contributed by atoms with E-state index in [1.807, 2.05) is 44.7 Å². The van der Waals surface area contributed by atoms with Crippen LogP contribution in [0.4, 0.5) is 0 Å². The average Bonchev–Trinajstić information content (AvgIpc) is 2.85. The van der Waals surface area contributed by atoms with Crippen molar-refractivity contribution in [2.24, 2.45) is 0 Å². The highest BCUT2D eigenvalue weighted by Crippen LogP contribution is 2.28. The van der Waals surface area contributed by atoms with Crippen molar-refractivity contribution in [2.45, 2.75) is 32.7 Å². The van der Waals surface area contributed by atoms with Crippen LogP contribution in [0.25, 0.3) is 10.6 Å². The fourth-order valence-electron chi connectivity index (χ4n) is 2.09. The predicted molar refractivity (Wildman–Crippen MR) is 91.3 cm³/mol. The van der Waals surface area contributed by atoms with Crippen LogP contribution in [0.1, 0.15) is 24.5 Å². The van der Waals surface area contributed by atoms with Crippen LogP contribution in [0.2, 0.25) is 0 Å². The Morgan fingerprint density at radius 3 is 2.45 bits per heavy atom. The fraction of sp³-hybridized carbons (Fsp3) is 0.467. The lowest BCUT2D eigenvalue weighted by molar-refractivity contribution is -0.127. The normalized spacial score (nSPS) is 10.7. The van der Waals surface area contributed by atoms with E-state index in [9.17, 15) is 4.79 Å². The minimum absolute atomic E-state index is 0.134. The summed E-state index contributed by atoms with van der Waals surface area (Å²) in [5.74, 6) is 0.531. The molecule has 118 valence electrons. The lowest BCUT2D eigenvalue weighted by Gasteiger charge is -2.17. The molecule has 2 aromatic heterocycles. The Balaban J connectivity index is 2.01. The Hall–Kier alpha value is -1.47. The molecule has 0 saturated carbocycles. The maximum absolute atomic E-state index is 12.0. The summed E-state index contributed by atoms with van der Waals surface area (Å²) < 4.78 is 0. The third-order valence-corrected chi connectivity index (χ3v) is 5.24. The molecule has 2 heterocycles. The molecule has 0 aliphatic carbocycles. The number of carbonyl (C=O) groups is 1. The van der Waals surface area contributed by atoms with Crippen molar-refractivity contribution in [3.05, 3.63) is 22.8 Å². The second kappa shape index (κ2) is 7.69. The summed E-state index contributed by atoms with van der Waals surface area (Å²) in [6, 6.07) is 3.86. The minimum atomic E-state index is 0.134. The number of amides is 1. The van der Waals surface area contributed by atoms with Crippen molar-refractivity contribution in [1.82, 2.24) is 20.1 Å². The average molecular weight is 336 g/mol. The fourth-order valence-corrected chi connectivity index (χ4v) is 3.69. The van der Waals surface area contributed by atoms with Gasteiger partial charge in [0.25, 0.3) is 0 Å². The molecule has 2 rings (SSSR count). The zero-order chi connectivity index (χ0) is 16.1. The van der Waals surface area contributed by atoms with Gasteiger partial charge in [0.05, 0.1) is 21.3 Å². The molecule has 0 N–H and O–H groups in total. The van der Waals surface area contributed by atoms with Gasteiger partial charge in [-0.3, -0.25) is 4.79 Å². The van der Waals surface area contributed by atoms with E-state index in [-0.39, 0.29) is 5.91 Å². The Kier molecular flexibility index (Phi) is 5.90. The van der Waals surface area contributed by atoms with Crippen LogP contribution in [0.3, 0.4) is 0 Å². The molecule has 22 heavy (non-hydrogen) atoms. The van der Waals surface area contributed by atoms with Gasteiger partial charge in [0.2, 0.25) is 5.91 Å². The first-order valence-corrected chi connectivity index (χ1v) is 9.04. The van der Waals surface area contributed by atoms with E-state index in [0.717, 1.165) is 39.4 Å². The van der Waals surface area contributed by atoms with Gasteiger partial charge in [-0.15, -0.1) is 21.5 Å². The highest BCUT2D eigenvalue weighted by atomic mass is 32.2. The van der Waals surface area contributed by atoms with Crippen molar-refractivity contribution in [3.8, 4) is 10.6 Å². The summed E-state index contributed by atoms with van der Waals surface area (Å²) in [5, 5.41) is 10.3. The van der Waals surface area contributed by atoms with Gasteiger partial charge in [-0.25, -0.2) is 4.98 Å². The lowest BCUT2D eigenvalue weighted by Crippen LogP contribution is -2.31. The first kappa shape index (κ1) is 16.9. The lowest BCUT2D eigenvalue weighted by atomic mass is 10.3. The maximum Gasteiger partial charge on any atom is 0.232 e. The minimum Gasteiger partial charge on any atom is -0.343 e. The Morgan fingerprint density at radius 2 is 1.95 bits per heavy atom. The Morgan fingerprint density at radius 1 is 1.23 bits per heavy atom. The highest BCUT2D eigenvalue weighted by Gasteiger charge is 2.12. The van der Waals surface area contributed by atoms with Crippen LogP contribution in [0, 0.1) is 13.8 Å². The van der Waals surface area contributed by atoms with Gasteiger partial charge in [-0.1, -0.05) is 11.8 Å². The second-order valence-electron chi connectivity index (χ2n) is 4.76. The van der Waals surface area contributed by atoms with Crippen molar-refractivity contribution in [1.29, 1.82) is 0 Å². The zero-order valence-electron chi connectivity index (χ0n) is 13.3. The highest BCUT2D eigenvalue weighted by molar-refractivity contribution is 7.99. The summed E-state index contributed by atoms with van der Waals surface area (Å²) >= 11 is 3.04. The van der Waals surface area contributed by atoms with Gasteiger partial charge in [-0.2, -0.15) is 0 Å². The van der Waals surface area contributed by atoms with Crippen LogP contribution in [0.5, 0.6) is 0 Å². The molecule has 0 aliphatic heterocycles. The molecular formula is C15H20N4OS2. The second-order valence-corrected chi connectivity index (χ2v) is 6.96. The number of thioether (sulfide) groups is 1. The number of hydrogen-bond donors (Lipinski definition) is 0. The van der Waals surface area contributed by atoms with Gasteiger partial charge in [-0.05, 0) is 39.8 Å². The first-order valence-electron chi connectivity index (χ1n) is 7.23. The molecule has 0 unspecified atom stereocenters. The molecule has 0 radical (unpaired) electrons. The van der Waals surface area contributed by atoms with E-state index in [4.69, 9.17) is 0 Å². The molecule has 0 atom stereocenters. The number of carbonyl (C=O) groups excluding carboxylic acids is 1. The number of nitrogens with zero attached hydrogens (tertiary/aromatic N) is 4. The molecule has 0 aromatic carbocycles. The summed E-state index contributed by atoms with van der Waals surface area (Å²) in [5.41, 5.74) is 1.82. The number of rotatable bonds is 6. The van der Waals surface area contributed by atoms with Crippen LogP contribution >= 0.6 is 23.1 Å². The van der Waals surface area contributed by atoms with Crippen molar-refractivity contribution in [2.75, 3.05) is 18.8 Å². The molecule has 5 nitrogen and oxygen atoms in total. The van der Waals surface area contributed by atoms with Crippen LogP contribution in [0.15, 0.2) is 17.2 Å². The van der Waals surface area contributed by atoms with E-state index in [1.165, 1.54) is 11.8 Å². The quantitative estimate of drug-likeness (QED) is 0.758. The van der Waals surface area contributed by atoms with Gasteiger partial charge in [0.1, 0.15) is 10.7 Å². The molecule has 2 aromatic rings. The van der Waals surface area contributed by atoms with Gasteiger partial charge in [0.15, 0.2) is 0 Å². The zero-order valence-corrected chi connectivity index (χ0v) is 14.9. The number of aryl methyl sites for hydroxylation is 2. The predicted octanol–water partition coefficient (Wildman–Crippen LogP) is 3.18. The van der Waals surface area contributed by atoms with Crippen molar-refractivity contribution >= 4 is 29.0 Å². The van der Waals surface area contributed by atoms with Gasteiger partial charge in [0, 0.05) is 13.1 Å². The monoisotopic (exact) mass is 336 g/mol. The van der Waals surface area contributed by atoms with Crippen LogP contribution in [-0.2, 0) is 4.79 Å². The maximum atomic E-state index is 12.0. The van der Waals surface area contributed by atoms with Crippen LogP contribution < -0.4 is 0 Å². The van der Waals surface area contributed by atoms with Gasteiger partial charge < -0.3 is 4.90 Å². The van der Waals surface area contributed by atoms with Crippen molar-refractivity contribution in [3.63, 3.8) is 0 Å². The molecule has 0 saturated heterocycles. The van der Waals surface area contributed by atoms with E-state index in [0.29, 0.717) is 5.75 Å². The number of hydrogen-bond acceptors (Lipinski definition) is 6. The van der Waals surface area contributed by atoms with Crippen molar-refractivity contribution < 1.29 is 4.79 Å². The first-order chi connectivity index (χ1) is 10.5. The molecule has 1 amide bonds. The summed E-state index contributed by atoms with van der Waals surface area (Å²) in [6.07, 6.45) is 0. The molecule has 0 spiro atoms. The van der Waals surface area contributed by atoms with Crippen LogP contribution in [-0.4, -0.2) is 44.8 Å². The summed E-state index contributed by atoms with van der Waals surface area (Å²) in [6.45, 7) is 9.42. The molecule has 0 aliphatic rings. The smallest absolute Gasteiger partial charge is 0.232 e. The third-order valence-electron chi connectivity index (χ3n) is 3.24. The largest absolute Gasteiger partial charge is 0.343 e. The topological polar surface area (TPSA) is 59.0 Å². The van der Waals surface area contributed by atoms with E-state index < -0.39 is 0 Å². The van der Waals surface area contributed by atoms with Gasteiger partial charge >= 0.3 is 0 Å². The summed E-state index contributed by atoms with van der Waals surface area (Å²) in [4.78, 5) is 19.2. The molecule has 0 bridgehead atoms. The number of thiazole rings is 1. The number of aromatic nitrogens is 3. The third kappa shape index (κ3) is 4.04.